The van der Waals surface area contributed by atoms with E-state index in [0.717, 1.165) is 32.4 Å². The molecule has 0 radical (unpaired) electrons. The molecule has 176 valence electrons. The second-order valence-electron chi connectivity index (χ2n) is 8.11. The van der Waals surface area contributed by atoms with Gasteiger partial charge in [0.2, 0.25) is 10.0 Å². The van der Waals surface area contributed by atoms with Crippen LogP contribution in [-0.4, -0.2) is 70.5 Å². The lowest BCUT2D eigenvalue weighted by Crippen LogP contribution is -2.40. The average Bonchev–Trinajstić information content (AvgIpc) is 2.88. The first kappa shape index (κ1) is 23.4. The molecule has 2 aromatic rings. The molecule has 2 aliphatic heterocycles. The third-order valence-electron chi connectivity index (χ3n) is 5.92. The molecule has 0 unspecified atom stereocenters. The molecule has 0 N–H and O–H groups in total. The smallest absolute Gasteiger partial charge is 0.340 e. The van der Waals surface area contributed by atoms with E-state index in [-0.39, 0.29) is 29.3 Å². The van der Waals surface area contributed by atoms with E-state index in [0.29, 0.717) is 24.5 Å². The summed E-state index contributed by atoms with van der Waals surface area (Å²) in [6, 6.07) is 13.2. The Kier molecular flexibility index (Phi) is 7.42. The van der Waals surface area contributed by atoms with Crippen molar-refractivity contribution in [2.45, 2.75) is 24.2 Å². The van der Waals surface area contributed by atoms with Crippen LogP contribution in [-0.2, 0) is 19.5 Å². The quantitative estimate of drug-likeness (QED) is 0.452. The van der Waals surface area contributed by atoms with E-state index in [4.69, 9.17) is 9.47 Å². The largest absolute Gasteiger partial charge is 0.454 e. The van der Waals surface area contributed by atoms with E-state index in [2.05, 4.69) is 4.90 Å². The molecule has 0 saturated carbocycles. The van der Waals surface area contributed by atoms with E-state index in [1.165, 1.54) is 10.4 Å². The van der Waals surface area contributed by atoms with Gasteiger partial charge in [-0.25, -0.2) is 13.2 Å². The van der Waals surface area contributed by atoms with E-state index < -0.39 is 22.6 Å². The van der Waals surface area contributed by atoms with Crippen molar-refractivity contribution in [3.63, 3.8) is 0 Å². The fraction of sp³-hybridized carbons (Fsp3) is 0.417. The molecular formula is C24H28N2O6S. The van der Waals surface area contributed by atoms with Crippen LogP contribution >= 0.6 is 0 Å². The van der Waals surface area contributed by atoms with Crippen LogP contribution in [0.25, 0.3) is 0 Å². The molecule has 0 aliphatic carbocycles. The van der Waals surface area contributed by atoms with Crippen molar-refractivity contribution in [3.05, 3.63) is 59.7 Å². The number of anilines is 1. The number of sulfonamides is 1. The van der Waals surface area contributed by atoms with Gasteiger partial charge in [-0.1, -0.05) is 30.3 Å². The summed E-state index contributed by atoms with van der Waals surface area (Å²) in [6.45, 7) is 2.34. The van der Waals surface area contributed by atoms with Crippen LogP contribution in [0, 0.1) is 0 Å². The summed E-state index contributed by atoms with van der Waals surface area (Å²) in [5.41, 5.74) is 1.24. The van der Waals surface area contributed by atoms with Gasteiger partial charge in [0.05, 0.1) is 29.4 Å². The van der Waals surface area contributed by atoms with E-state index in [1.54, 1.807) is 42.5 Å². The van der Waals surface area contributed by atoms with Crippen LogP contribution in [0.5, 0.6) is 0 Å². The van der Waals surface area contributed by atoms with Gasteiger partial charge in [0, 0.05) is 31.7 Å². The highest BCUT2D eigenvalue weighted by Gasteiger charge is 2.29. The maximum Gasteiger partial charge on any atom is 0.340 e. The van der Waals surface area contributed by atoms with Crippen LogP contribution in [0.3, 0.4) is 0 Å². The first-order valence-electron chi connectivity index (χ1n) is 11.2. The van der Waals surface area contributed by atoms with E-state index in [1.807, 2.05) is 0 Å². The lowest BCUT2D eigenvalue weighted by atomic mass is 10.1. The monoisotopic (exact) mass is 472 g/mol. The lowest BCUT2D eigenvalue weighted by molar-refractivity contribution is 0.0475. The third-order valence-corrected chi connectivity index (χ3v) is 7.82. The van der Waals surface area contributed by atoms with Gasteiger partial charge >= 0.3 is 5.97 Å². The first-order valence-corrected chi connectivity index (χ1v) is 12.6. The molecule has 2 aliphatic rings. The van der Waals surface area contributed by atoms with Gasteiger partial charge in [0.25, 0.3) is 0 Å². The van der Waals surface area contributed by atoms with Gasteiger partial charge in [-0.05, 0) is 37.5 Å². The van der Waals surface area contributed by atoms with Gasteiger partial charge in [-0.3, -0.25) is 4.79 Å². The Labute approximate surface area is 194 Å². The van der Waals surface area contributed by atoms with Crippen molar-refractivity contribution in [1.82, 2.24) is 4.31 Å². The number of carbonyl (C=O) groups is 2. The third kappa shape index (κ3) is 5.43. The van der Waals surface area contributed by atoms with Crippen LogP contribution in [0.4, 0.5) is 5.69 Å². The molecule has 8 nitrogen and oxygen atoms in total. The summed E-state index contributed by atoms with van der Waals surface area (Å²) in [5.74, 6) is -1.03. The SMILES string of the molecule is O=C(COC(=O)c1cc(S(=O)(=O)N2CCOCC2)ccc1N1CCCCC1)c1ccccc1. The van der Waals surface area contributed by atoms with Crippen LogP contribution in [0.15, 0.2) is 53.4 Å². The molecule has 0 aromatic heterocycles. The predicted octanol–water partition coefficient (Wildman–Crippen LogP) is 2.74. The summed E-state index contributed by atoms with van der Waals surface area (Å²) in [6.07, 6.45) is 3.11. The van der Waals surface area contributed by atoms with Crippen LogP contribution in [0.2, 0.25) is 0 Å². The highest BCUT2D eigenvalue weighted by molar-refractivity contribution is 7.89. The van der Waals surface area contributed by atoms with Crippen molar-refractivity contribution >= 4 is 27.5 Å². The van der Waals surface area contributed by atoms with Crippen molar-refractivity contribution in [3.8, 4) is 0 Å². The highest BCUT2D eigenvalue weighted by Crippen LogP contribution is 2.29. The van der Waals surface area contributed by atoms with Gasteiger partial charge in [0.1, 0.15) is 0 Å². The lowest BCUT2D eigenvalue weighted by Gasteiger charge is -2.31. The molecule has 2 heterocycles. The molecule has 0 amide bonds. The molecule has 0 bridgehead atoms. The predicted molar refractivity (Wildman–Crippen MR) is 123 cm³/mol. The minimum Gasteiger partial charge on any atom is -0.454 e. The summed E-state index contributed by atoms with van der Waals surface area (Å²) < 4.78 is 38.3. The van der Waals surface area contributed by atoms with Crippen molar-refractivity contribution in [1.29, 1.82) is 0 Å². The molecule has 9 heteroatoms. The Hall–Kier alpha value is -2.75. The Morgan fingerprint density at radius 2 is 1.61 bits per heavy atom. The number of ketones is 1. The zero-order valence-electron chi connectivity index (χ0n) is 18.4. The molecule has 33 heavy (non-hydrogen) atoms. The van der Waals surface area contributed by atoms with Crippen molar-refractivity contribution in [2.24, 2.45) is 0 Å². The number of esters is 1. The van der Waals surface area contributed by atoms with Crippen molar-refractivity contribution < 1.29 is 27.5 Å². The average molecular weight is 473 g/mol. The number of carbonyl (C=O) groups excluding carboxylic acids is 2. The molecule has 2 aromatic carbocycles. The summed E-state index contributed by atoms with van der Waals surface area (Å²) in [7, 11) is -3.78. The fourth-order valence-electron chi connectivity index (χ4n) is 4.10. The standard InChI is InChI=1S/C24H28N2O6S/c27-23(19-7-3-1-4-8-19)18-32-24(28)21-17-20(33(29,30)26-13-15-31-16-14-26)9-10-22(21)25-11-5-2-6-12-25/h1,3-4,7-10,17H,2,5-6,11-16,18H2. The van der Waals surface area contributed by atoms with Gasteiger partial charge in [0.15, 0.2) is 12.4 Å². The minimum absolute atomic E-state index is 0.0338. The van der Waals surface area contributed by atoms with Gasteiger partial charge in [-0.2, -0.15) is 4.31 Å². The number of Topliss-reactive ketones (excluding diaryl/α,β-unsaturated/α-hetero) is 1. The number of morpholine rings is 1. The second-order valence-corrected chi connectivity index (χ2v) is 10.0. The van der Waals surface area contributed by atoms with E-state index in [9.17, 15) is 18.0 Å². The number of ether oxygens (including phenoxy) is 2. The maximum atomic E-state index is 13.2. The Balaban J connectivity index is 1.60. The number of hydrogen-bond donors (Lipinski definition) is 0. The molecular weight excluding hydrogens is 444 g/mol. The number of nitrogens with zero attached hydrogens (tertiary/aromatic N) is 2. The summed E-state index contributed by atoms with van der Waals surface area (Å²) in [5, 5.41) is 0. The summed E-state index contributed by atoms with van der Waals surface area (Å²) in [4.78, 5) is 27.6. The zero-order chi connectivity index (χ0) is 23.3. The Morgan fingerprint density at radius 1 is 0.909 bits per heavy atom. The normalized spacial score (nSPS) is 17.5. The van der Waals surface area contributed by atoms with E-state index >= 15 is 0 Å². The Bertz CT molecular complexity index is 1090. The topological polar surface area (TPSA) is 93.2 Å². The fourth-order valence-corrected chi connectivity index (χ4v) is 5.54. The van der Waals surface area contributed by atoms with Crippen LogP contribution < -0.4 is 4.90 Å². The minimum atomic E-state index is -3.78. The maximum absolute atomic E-state index is 13.2. The van der Waals surface area contributed by atoms with Gasteiger partial charge < -0.3 is 14.4 Å². The molecule has 0 atom stereocenters. The number of piperidine rings is 1. The van der Waals surface area contributed by atoms with Gasteiger partial charge in [-0.15, -0.1) is 0 Å². The zero-order valence-corrected chi connectivity index (χ0v) is 19.3. The molecule has 2 fully saturated rings. The van der Waals surface area contributed by atoms with Crippen molar-refractivity contribution in [2.75, 3.05) is 50.9 Å². The molecule has 2 saturated heterocycles. The molecule has 4 rings (SSSR count). The second kappa shape index (κ2) is 10.5. The first-order chi connectivity index (χ1) is 16.0. The van der Waals surface area contributed by atoms with Crippen LogP contribution in [0.1, 0.15) is 40.0 Å². The highest BCUT2D eigenvalue weighted by atomic mass is 32.2. The Morgan fingerprint density at radius 3 is 2.30 bits per heavy atom. The summed E-state index contributed by atoms with van der Waals surface area (Å²) >= 11 is 0. The number of rotatable bonds is 7. The molecule has 0 spiro atoms. The number of hydrogen-bond acceptors (Lipinski definition) is 7. The number of benzene rings is 2.